The molecule has 7 heteroatoms. The number of aromatic nitrogens is 3. The Kier molecular flexibility index (Phi) is 4.89. The summed E-state index contributed by atoms with van der Waals surface area (Å²) in [4.78, 5) is 26.4. The van der Waals surface area contributed by atoms with Gasteiger partial charge in [0.2, 0.25) is 0 Å². The van der Waals surface area contributed by atoms with Gasteiger partial charge in [-0.3, -0.25) is 4.79 Å². The number of aromatic amines is 1. The Morgan fingerprint density at radius 3 is 2.74 bits per heavy atom. The predicted octanol–water partition coefficient (Wildman–Crippen LogP) is 4.61. The molecule has 3 aromatic rings. The van der Waals surface area contributed by atoms with Crippen molar-refractivity contribution in [2.75, 3.05) is 0 Å². The summed E-state index contributed by atoms with van der Waals surface area (Å²) < 4.78 is 0. The first-order valence-electron chi connectivity index (χ1n) is 7.46. The fourth-order valence-corrected chi connectivity index (χ4v) is 5.05. The zero-order valence-electron chi connectivity index (χ0n) is 13.6. The van der Waals surface area contributed by atoms with Gasteiger partial charge in [-0.05, 0) is 19.4 Å². The van der Waals surface area contributed by atoms with Gasteiger partial charge in [0.05, 0.1) is 21.8 Å². The van der Waals surface area contributed by atoms with Crippen molar-refractivity contribution in [2.45, 2.75) is 45.1 Å². The van der Waals surface area contributed by atoms with E-state index >= 15 is 0 Å². The molecule has 0 atom stereocenters. The van der Waals surface area contributed by atoms with Crippen molar-refractivity contribution < 1.29 is 0 Å². The van der Waals surface area contributed by atoms with Crippen LogP contribution in [0.15, 0.2) is 10.2 Å². The number of hydrogen-bond acceptors (Lipinski definition) is 6. The number of thiophene rings is 1. The van der Waals surface area contributed by atoms with Crippen LogP contribution in [0.5, 0.6) is 0 Å². The van der Waals surface area contributed by atoms with Gasteiger partial charge in [0.25, 0.3) is 5.56 Å². The molecule has 4 nitrogen and oxygen atoms in total. The van der Waals surface area contributed by atoms with Gasteiger partial charge in [0.1, 0.15) is 10.7 Å². The van der Waals surface area contributed by atoms with E-state index in [0.29, 0.717) is 11.7 Å². The highest BCUT2D eigenvalue weighted by Gasteiger charge is 2.12. The summed E-state index contributed by atoms with van der Waals surface area (Å²) in [5.74, 6) is 2.75. The van der Waals surface area contributed by atoms with Crippen LogP contribution in [0.25, 0.3) is 10.2 Å². The maximum atomic E-state index is 12.2. The van der Waals surface area contributed by atoms with E-state index in [4.69, 9.17) is 0 Å². The second kappa shape index (κ2) is 6.75. The molecule has 3 rings (SSSR count). The lowest BCUT2D eigenvalue weighted by Gasteiger charge is -2.01. The highest BCUT2D eigenvalue weighted by molar-refractivity contribution is 7.97. The first-order valence-corrected chi connectivity index (χ1v) is 10.3. The van der Waals surface area contributed by atoms with Gasteiger partial charge < -0.3 is 4.98 Å². The van der Waals surface area contributed by atoms with Crippen LogP contribution < -0.4 is 5.56 Å². The summed E-state index contributed by atoms with van der Waals surface area (Å²) in [6.45, 7) is 8.33. The molecule has 3 aromatic heterocycles. The topological polar surface area (TPSA) is 58.6 Å². The number of thiazole rings is 1. The van der Waals surface area contributed by atoms with Crippen molar-refractivity contribution in [1.82, 2.24) is 15.0 Å². The average Bonchev–Trinajstić information content (AvgIpc) is 3.05. The molecular weight excluding hydrogens is 346 g/mol. The average molecular weight is 366 g/mol. The lowest BCUT2D eigenvalue weighted by molar-refractivity contribution is 0.846. The quantitative estimate of drug-likeness (QED) is 0.717. The standard InChI is InChI=1S/C16H19N3OS3/c1-8(2)15-17-11(6-22-15)5-21-7-12-18-14(20)13-9(3)10(4)23-16(13)19-12/h6,8H,5,7H2,1-4H3,(H,18,19,20). The molecule has 0 aliphatic carbocycles. The van der Waals surface area contributed by atoms with Crippen LogP contribution in [0.2, 0.25) is 0 Å². The van der Waals surface area contributed by atoms with E-state index in [1.807, 2.05) is 13.8 Å². The summed E-state index contributed by atoms with van der Waals surface area (Å²) in [6, 6.07) is 0. The smallest absolute Gasteiger partial charge is 0.259 e. The molecule has 3 heterocycles. The van der Waals surface area contributed by atoms with Crippen LogP contribution in [0.1, 0.15) is 46.7 Å². The second-order valence-corrected chi connectivity index (χ2v) is 8.88. The molecule has 0 saturated carbocycles. The first kappa shape index (κ1) is 16.7. The molecule has 0 amide bonds. The Morgan fingerprint density at radius 1 is 1.26 bits per heavy atom. The van der Waals surface area contributed by atoms with Gasteiger partial charge in [0.15, 0.2) is 0 Å². The Bertz CT molecular complexity index is 892. The maximum absolute atomic E-state index is 12.2. The minimum Gasteiger partial charge on any atom is -0.309 e. The Hall–Kier alpha value is -1.18. The molecule has 0 unspecified atom stereocenters. The van der Waals surface area contributed by atoms with Gasteiger partial charge in [-0.1, -0.05) is 13.8 Å². The van der Waals surface area contributed by atoms with Crippen molar-refractivity contribution >= 4 is 44.7 Å². The van der Waals surface area contributed by atoms with Crippen molar-refractivity contribution in [3.8, 4) is 0 Å². The molecule has 1 N–H and O–H groups in total. The summed E-state index contributed by atoms with van der Waals surface area (Å²) in [7, 11) is 0. The van der Waals surface area contributed by atoms with Crippen molar-refractivity contribution in [3.63, 3.8) is 0 Å². The molecule has 0 aliphatic heterocycles. The SMILES string of the molecule is Cc1sc2nc(CSCc3csc(C(C)C)n3)[nH]c(=O)c2c1C. The predicted molar refractivity (Wildman–Crippen MR) is 101 cm³/mol. The second-order valence-electron chi connectivity index (χ2n) is 5.80. The number of rotatable bonds is 5. The highest BCUT2D eigenvalue weighted by Crippen LogP contribution is 2.27. The van der Waals surface area contributed by atoms with Crippen LogP contribution in [0, 0.1) is 13.8 Å². The number of H-pyrrole nitrogens is 1. The molecule has 0 fully saturated rings. The fourth-order valence-electron chi connectivity index (χ4n) is 2.27. The zero-order valence-corrected chi connectivity index (χ0v) is 16.0. The largest absolute Gasteiger partial charge is 0.309 e. The molecule has 0 bridgehead atoms. The number of thioether (sulfide) groups is 1. The van der Waals surface area contributed by atoms with Crippen LogP contribution in [0.3, 0.4) is 0 Å². The first-order chi connectivity index (χ1) is 11.0. The Morgan fingerprint density at radius 2 is 2.04 bits per heavy atom. The van der Waals surface area contributed by atoms with E-state index in [9.17, 15) is 4.79 Å². The molecule has 23 heavy (non-hydrogen) atoms. The molecule has 0 radical (unpaired) electrons. The minimum absolute atomic E-state index is 0.0248. The zero-order chi connectivity index (χ0) is 16.6. The molecular formula is C16H19N3OS3. The number of fused-ring (bicyclic) bond motifs is 1. The summed E-state index contributed by atoms with van der Waals surface area (Å²) in [5.41, 5.74) is 2.12. The molecule has 122 valence electrons. The van der Waals surface area contributed by atoms with E-state index < -0.39 is 0 Å². The minimum atomic E-state index is -0.0248. The van der Waals surface area contributed by atoms with Gasteiger partial charge in [-0.15, -0.1) is 34.4 Å². The van der Waals surface area contributed by atoms with Crippen molar-refractivity contribution in [2.24, 2.45) is 0 Å². The van der Waals surface area contributed by atoms with E-state index in [1.54, 1.807) is 34.4 Å². The summed E-state index contributed by atoms with van der Waals surface area (Å²) in [6.07, 6.45) is 0. The van der Waals surface area contributed by atoms with Gasteiger partial charge in [-0.2, -0.15) is 0 Å². The fraction of sp³-hybridized carbons (Fsp3) is 0.438. The molecule has 0 aliphatic rings. The molecule has 0 spiro atoms. The number of hydrogen-bond donors (Lipinski definition) is 1. The van der Waals surface area contributed by atoms with E-state index in [-0.39, 0.29) is 5.56 Å². The summed E-state index contributed by atoms with van der Waals surface area (Å²) in [5, 5.41) is 4.04. The number of nitrogens with one attached hydrogen (secondary N) is 1. The number of aryl methyl sites for hydroxylation is 2. The number of nitrogens with zero attached hydrogens (tertiary/aromatic N) is 2. The lowest BCUT2D eigenvalue weighted by Crippen LogP contribution is -2.10. The third-order valence-corrected chi connectivity index (χ3v) is 6.91. The lowest BCUT2D eigenvalue weighted by atomic mass is 10.2. The van der Waals surface area contributed by atoms with Crippen LogP contribution in [-0.2, 0) is 11.5 Å². The van der Waals surface area contributed by atoms with E-state index in [2.05, 4.69) is 34.2 Å². The summed E-state index contributed by atoms with van der Waals surface area (Å²) >= 11 is 5.04. The van der Waals surface area contributed by atoms with Crippen LogP contribution >= 0.6 is 34.4 Å². The normalized spacial score (nSPS) is 11.7. The highest BCUT2D eigenvalue weighted by atomic mass is 32.2. The third-order valence-electron chi connectivity index (χ3n) is 3.64. The maximum Gasteiger partial charge on any atom is 0.259 e. The Balaban J connectivity index is 1.70. The Labute approximate surface area is 147 Å². The van der Waals surface area contributed by atoms with Crippen LogP contribution in [0.4, 0.5) is 0 Å². The molecule has 0 saturated heterocycles. The van der Waals surface area contributed by atoms with E-state index in [0.717, 1.165) is 37.9 Å². The van der Waals surface area contributed by atoms with Gasteiger partial charge >= 0.3 is 0 Å². The van der Waals surface area contributed by atoms with Crippen molar-refractivity contribution in [3.05, 3.63) is 42.7 Å². The van der Waals surface area contributed by atoms with Gasteiger partial charge in [-0.25, -0.2) is 9.97 Å². The van der Waals surface area contributed by atoms with Gasteiger partial charge in [0, 0.05) is 21.9 Å². The monoisotopic (exact) mass is 365 g/mol. The van der Waals surface area contributed by atoms with Crippen molar-refractivity contribution in [1.29, 1.82) is 0 Å². The third kappa shape index (κ3) is 3.51. The molecule has 0 aromatic carbocycles. The van der Waals surface area contributed by atoms with Crippen LogP contribution in [-0.4, -0.2) is 15.0 Å². The van der Waals surface area contributed by atoms with E-state index in [1.165, 1.54) is 5.01 Å².